The van der Waals surface area contributed by atoms with Crippen molar-refractivity contribution >= 4 is 27.3 Å². The standard InChI is InChI=1S/C13H17BrN2O2/c1-8(2)9-5-10(6-9)15-13-4-3-11(16(17)18)7-12(13)14/h3-4,7-10,15H,5-6H2,1-2H3. The zero-order valence-electron chi connectivity index (χ0n) is 10.5. The van der Waals surface area contributed by atoms with E-state index >= 15 is 0 Å². The summed E-state index contributed by atoms with van der Waals surface area (Å²) < 4.78 is 0.754. The molecule has 98 valence electrons. The van der Waals surface area contributed by atoms with Crippen molar-refractivity contribution in [2.75, 3.05) is 5.32 Å². The second kappa shape index (κ2) is 5.26. The van der Waals surface area contributed by atoms with Gasteiger partial charge in [0.25, 0.3) is 5.69 Å². The molecule has 2 rings (SSSR count). The van der Waals surface area contributed by atoms with Gasteiger partial charge in [-0.15, -0.1) is 0 Å². The molecular formula is C13H17BrN2O2. The van der Waals surface area contributed by atoms with E-state index in [0.29, 0.717) is 6.04 Å². The number of nitro groups is 1. The fourth-order valence-electron chi connectivity index (χ4n) is 2.28. The molecule has 1 aliphatic rings. The van der Waals surface area contributed by atoms with E-state index in [9.17, 15) is 10.1 Å². The number of nitro benzene ring substituents is 1. The first kappa shape index (κ1) is 13.3. The summed E-state index contributed by atoms with van der Waals surface area (Å²) in [5.74, 6) is 1.54. The Hall–Kier alpha value is -1.10. The number of nitrogens with one attached hydrogen (secondary N) is 1. The summed E-state index contributed by atoms with van der Waals surface area (Å²) in [5.41, 5.74) is 1.05. The topological polar surface area (TPSA) is 55.2 Å². The minimum Gasteiger partial charge on any atom is -0.381 e. The molecule has 1 saturated carbocycles. The molecule has 0 spiro atoms. The lowest BCUT2D eigenvalue weighted by Gasteiger charge is -2.39. The molecule has 0 atom stereocenters. The Morgan fingerprint density at radius 1 is 1.44 bits per heavy atom. The van der Waals surface area contributed by atoms with Gasteiger partial charge in [-0.25, -0.2) is 0 Å². The maximum Gasteiger partial charge on any atom is 0.270 e. The Kier molecular flexibility index (Phi) is 3.90. The number of nitrogens with zero attached hydrogens (tertiary/aromatic N) is 1. The van der Waals surface area contributed by atoms with Crippen molar-refractivity contribution in [2.24, 2.45) is 11.8 Å². The third-order valence-electron chi connectivity index (χ3n) is 3.64. The lowest BCUT2D eigenvalue weighted by Crippen LogP contribution is -2.37. The maximum absolute atomic E-state index is 10.6. The van der Waals surface area contributed by atoms with Crippen molar-refractivity contribution in [3.63, 3.8) is 0 Å². The number of benzene rings is 1. The van der Waals surface area contributed by atoms with Crippen molar-refractivity contribution in [1.29, 1.82) is 0 Å². The van der Waals surface area contributed by atoms with E-state index in [1.54, 1.807) is 12.1 Å². The molecule has 1 aromatic rings. The van der Waals surface area contributed by atoms with Crippen LogP contribution in [0.15, 0.2) is 22.7 Å². The van der Waals surface area contributed by atoms with Gasteiger partial charge < -0.3 is 5.32 Å². The van der Waals surface area contributed by atoms with Crippen molar-refractivity contribution in [3.8, 4) is 0 Å². The summed E-state index contributed by atoms with van der Waals surface area (Å²) in [6.07, 6.45) is 2.36. The Bertz CT molecular complexity index is 456. The predicted molar refractivity (Wildman–Crippen MR) is 75.8 cm³/mol. The largest absolute Gasteiger partial charge is 0.381 e. The zero-order chi connectivity index (χ0) is 13.3. The first-order chi connectivity index (χ1) is 8.47. The van der Waals surface area contributed by atoms with Gasteiger partial charge in [-0.1, -0.05) is 13.8 Å². The van der Waals surface area contributed by atoms with Crippen LogP contribution in [0.4, 0.5) is 11.4 Å². The van der Waals surface area contributed by atoms with E-state index in [4.69, 9.17) is 0 Å². The maximum atomic E-state index is 10.6. The van der Waals surface area contributed by atoms with Crippen LogP contribution in [0, 0.1) is 22.0 Å². The summed E-state index contributed by atoms with van der Waals surface area (Å²) in [5, 5.41) is 14.1. The summed E-state index contributed by atoms with van der Waals surface area (Å²) in [6.45, 7) is 4.51. The Morgan fingerprint density at radius 3 is 2.61 bits per heavy atom. The van der Waals surface area contributed by atoms with Gasteiger partial charge in [0, 0.05) is 28.3 Å². The van der Waals surface area contributed by atoms with Crippen LogP contribution in [0.2, 0.25) is 0 Å². The van der Waals surface area contributed by atoms with Gasteiger partial charge in [0.1, 0.15) is 0 Å². The molecule has 0 aliphatic heterocycles. The van der Waals surface area contributed by atoms with Gasteiger partial charge in [-0.2, -0.15) is 0 Å². The van der Waals surface area contributed by atoms with Gasteiger partial charge in [0.05, 0.1) is 4.92 Å². The van der Waals surface area contributed by atoms with Crippen LogP contribution in [-0.2, 0) is 0 Å². The number of hydrogen-bond acceptors (Lipinski definition) is 3. The second-order valence-corrected chi connectivity index (χ2v) is 6.09. The van der Waals surface area contributed by atoms with Crippen LogP contribution < -0.4 is 5.32 Å². The first-order valence-electron chi connectivity index (χ1n) is 6.18. The van der Waals surface area contributed by atoms with E-state index < -0.39 is 0 Å². The second-order valence-electron chi connectivity index (χ2n) is 5.24. The molecule has 0 aromatic heterocycles. The number of non-ortho nitro benzene ring substituents is 1. The molecule has 0 heterocycles. The number of halogens is 1. The average molecular weight is 313 g/mol. The lowest BCUT2D eigenvalue weighted by atomic mass is 9.73. The van der Waals surface area contributed by atoms with E-state index in [1.165, 1.54) is 18.9 Å². The number of anilines is 1. The van der Waals surface area contributed by atoms with E-state index in [2.05, 4.69) is 35.1 Å². The molecule has 1 aliphatic carbocycles. The monoisotopic (exact) mass is 312 g/mol. The third kappa shape index (κ3) is 2.83. The molecule has 5 heteroatoms. The SMILES string of the molecule is CC(C)C1CC(Nc2ccc([N+](=O)[O-])cc2Br)C1. The average Bonchev–Trinajstić information content (AvgIpc) is 2.23. The molecule has 0 saturated heterocycles. The number of hydrogen-bond donors (Lipinski definition) is 1. The van der Waals surface area contributed by atoms with Gasteiger partial charge in [0.2, 0.25) is 0 Å². The summed E-state index contributed by atoms with van der Waals surface area (Å²) in [7, 11) is 0. The number of rotatable bonds is 4. The van der Waals surface area contributed by atoms with Crippen molar-refractivity contribution < 1.29 is 4.92 Å². The summed E-state index contributed by atoms with van der Waals surface area (Å²) >= 11 is 3.37. The van der Waals surface area contributed by atoms with Crippen molar-refractivity contribution in [2.45, 2.75) is 32.7 Å². The van der Waals surface area contributed by atoms with Gasteiger partial charge >= 0.3 is 0 Å². The zero-order valence-corrected chi connectivity index (χ0v) is 12.1. The predicted octanol–water partition coefficient (Wildman–Crippen LogP) is 4.20. The molecule has 0 bridgehead atoms. The van der Waals surface area contributed by atoms with Crippen molar-refractivity contribution in [3.05, 3.63) is 32.8 Å². The minimum absolute atomic E-state index is 0.112. The first-order valence-corrected chi connectivity index (χ1v) is 6.97. The fraction of sp³-hybridized carbons (Fsp3) is 0.538. The van der Waals surface area contributed by atoms with Crippen molar-refractivity contribution in [1.82, 2.24) is 0 Å². The summed E-state index contributed by atoms with van der Waals surface area (Å²) in [4.78, 5) is 10.3. The highest BCUT2D eigenvalue weighted by atomic mass is 79.9. The molecule has 1 aromatic carbocycles. The molecule has 18 heavy (non-hydrogen) atoms. The molecule has 1 fully saturated rings. The van der Waals surface area contributed by atoms with Crippen LogP contribution in [0.3, 0.4) is 0 Å². The molecule has 1 N–H and O–H groups in total. The highest BCUT2D eigenvalue weighted by Gasteiger charge is 2.31. The van der Waals surface area contributed by atoms with E-state index in [-0.39, 0.29) is 10.6 Å². The van der Waals surface area contributed by atoms with Gasteiger partial charge in [-0.3, -0.25) is 10.1 Å². The van der Waals surface area contributed by atoms with E-state index in [1.807, 2.05) is 0 Å². The van der Waals surface area contributed by atoms with Crippen LogP contribution >= 0.6 is 15.9 Å². The van der Waals surface area contributed by atoms with Gasteiger partial charge in [-0.05, 0) is 46.7 Å². The smallest absolute Gasteiger partial charge is 0.270 e. The van der Waals surface area contributed by atoms with Crippen LogP contribution in [-0.4, -0.2) is 11.0 Å². The molecule has 0 amide bonds. The quantitative estimate of drug-likeness (QED) is 0.669. The lowest BCUT2D eigenvalue weighted by molar-refractivity contribution is -0.384. The highest BCUT2D eigenvalue weighted by molar-refractivity contribution is 9.10. The minimum atomic E-state index is -0.382. The third-order valence-corrected chi connectivity index (χ3v) is 4.30. The Morgan fingerprint density at radius 2 is 2.11 bits per heavy atom. The van der Waals surface area contributed by atoms with Crippen LogP contribution in [0.1, 0.15) is 26.7 Å². The van der Waals surface area contributed by atoms with Crippen LogP contribution in [0.5, 0.6) is 0 Å². The normalized spacial score (nSPS) is 22.7. The Balaban J connectivity index is 1.97. The molecule has 4 nitrogen and oxygen atoms in total. The molecular weight excluding hydrogens is 296 g/mol. The van der Waals surface area contributed by atoms with Crippen LogP contribution in [0.25, 0.3) is 0 Å². The van der Waals surface area contributed by atoms with Gasteiger partial charge in [0.15, 0.2) is 0 Å². The Labute approximate surface area is 115 Å². The highest BCUT2D eigenvalue weighted by Crippen LogP contribution is 2.37. The summed E-state index contributed by atoms with van der Waals surface area (Å²) in [6, 6.07) is 5.34. The fourth-order valence-corrected chi connectivity index (χ4v) is 2.76. The molecule has 0 unspecified atom stereocenters. The molecule has 0 radical (unpaired) electrons. The van der Waals surface area contributed by atoms with E-state index in [0.717, 1.165) is 22.0 Å².